The van der Waals surface area contributed by atoms with E-state index in [0.29, 0.717) is 28.7 Å². The van der Waals surface area contributed by atoms with Gasteiger partial charge in [-0.25, -0.2) is 9.37 Å². The summed E-state index contributed by atoms with van der Waals surface area (Å²) in [5, 5.41) is 8.45. The molecule has 5 nitrogen and oxygen atoms in total. The van der Waals surface area contributed by atoms with Crippen molar-refractivity contribution in [2.75, 3.05) is 5.32 Å². The number of halogens is 2. The van der Waals surface area contributed by atoms with Crippen LogP contribution in [-0.2, 0) is 19.3 Å². The second-order valence-electron chi connectivity index (χ2n) is 7.74. The van der Waals surface area contributed by atoms with Gasteiger partial charge in [-0.15, -0.1) is 5.10 Å². The first-order valence-corrected chi connectivity index (χ1v) is 10.5. The minimum atomic E-state index is -0.367. The molecule has 7 heteroatoms. The summed E-state index contributed by atoms with van der Waals surface area (Å²) < 4.78 is 15.3. The Hall–Kier alpha value is -2.99. The lowest BCUT2D eigenvalue weighted by Gasteiger charge is -2.20. The average molecular weight is 422 g/mol. The summed E-state index contributed by atoms with van der Waals surface area (Å²) in [6.07, 6.45) is 4.66. The predicted molar refractivity (Wildman–Crippen MR) is 116 cm³/mol. The van der Waals surface area contributed by atoms with E-state index in [1.165, 1.54) is 17.7 Å². The smallest absolute Gasteiger partial charge is 0.254 e. The molecule has 0 saturated carbocycles. The zero-order valence-corrected chi connectivity index (χ0v) is 17.4. The third kappa shape index (κ3) is 3.63. The second-order valence-corrected chi connectivity index (χ2v) is 8.15. The highest BCUT2D eigenvalue weighted by Gasteiger charge is 2.21. The number of aromatic nitrogens is 4. The maximum Gasteiger partial charge on any atom is 0.254 e. The zero-order valence-electron chi connectivity index (χ0n) is 16.6. The van der Waals surface area contributed by atoms with Gasteiger partial charge < -0.3 is 5.32 Å². The molecule has 0 saturated heterocycles. The van der Waals surface area contributed by atoms with E-state index < -0.39 is 0 Å². The van der Waals surface area contributed by atoms with Crippen LogP contribution in [0.15, 0.2) is 42.5 Å². The van der Waals surface area contributed by atoms with E-state index in [-0.39, 0.29) is 5.82 Å². The van der Waals surface area contributed by atoms with Crippen LogP contribution in [0.5, 0.6) is 0 Å². The van der Waals surface area contributed by atoms with Crippen molar-refractivity contribution in [2.24, 2.45) is 0 Å². The maximum absolute atomic E-state index is 13.5. The first kappa shape index (κ1) is 19.0. The molecule has 30 heavy (non-hydrogen) atoms. The van der Waals surface area contributed by atoms with Gasteiger partial charge in [0, 0.05) is 12.0 Å². The van der Waals surface area contributed by atoms with Crippen molar-refractivity contribution in [3.8, 4) is 0 Å². The number of rotatable bonds is 4. The van der Waals surface area contributed by atoms with E-state index in [0.717, 1.165) is 48.3 Å². The largest absolute Gasteiger partial charge is 0.339 e. The van der Waals surface area contributed by atoms with Crippen LogP contribution in [0.3, 0.4) is 0 Å². The first-order chi connectivity index (χ1) is 14.6. The quantitative estimate of drug-likeness (QED) is 0.476. The Morgan fingerprint density at radius 3 is 2.67 bits per heavy atom. The average Bonchev–Trinajstić information content (AvgIpc) is 3.13. The Balaban J connectivity index is 1.59. The molecular formula is C23H21ClFN5. The van der Waals surface area contributed by atoms with Crippen molar-refractivity contribution in [1.29, 1.82) is 0 Å². The number of hydrogen-bond donors (Lipinski definition) is 1. The van der Waals surface area contributed by atoms with Crippen molar-refractivity contribution in [3.05, 3.63) is 81.5 Å². The van der Waals surface area contributed by atoms with Crippen molar-refractivity contribution < 1.29 is 4.39 Å². The monoisotopic (exact) mass is 421 g/mol. The summed E-state index contributed by atoms with van der Waals surface area (Å²) in [5.41, 5.74) is 5.18. The highest BCUT2D eigenvalue weighted by atomic mass is 35.5. The minimum Gasteiger partial charge on any atom is -0.339 e. The van der Waals surface area contributed by atoms with E-state index in [9.17, 15) is 4.39 Å². The van der Waals surface area contributed by atoms with E-state index in [1.807, 2.05) is 0 Å². The lowest BCUT2D eigenvalue weighted by molar-refractivity contribution is 0.628. The Morgan fingerprint density at radius 2 is 1.87 bits per heavy atom. The molecule has 0 amide bonds. The number of aryl methyl sites for hydroxylation is 2. The highest BCUT2D eigenvalue weighted by Crippen LogP contribution is 2.32. The van der Waals surface area contributed by atoms with Gasteiger partial charge in [-0.1, -0.05) is 41.4 Å². The van der Waals surface area contributed by atoms with Crippen LogP contribution < -0.4 is 5.32 Å². The fourth-order valence-electron chi connectivity index (χ4n) is 3.89. The third-order valence-corrected chi connectivity index (χ3v) is 5.78. The molecule has 0 unspecified atom stereocenters. The fraction of sp³-hybridized carbons (Fsp3) is 0.261. The van der Waals surface area contributed by atoms with Crippen LogP contribution in [0, 0.1) is 12.7 Å². The molecule has 2 aromatic heterocycles. The van der Waals surface area contributed by atoms with Crippen LogP contribution in [0.2, 0.25) is 5.02 Å². The van der Waals surface area contributed by atoms with E-state index >= 15 is 0 Å². The summed E-state index contributed by atoms with van der Waals surface area (Å²) in [4.78, 5) is 9.47. The zero-order chi connectivity index (χ0) is 20.7. The van der Waals surface area contributed by atoms with Gasteiger partial charge in [0.1, 0.15) is 11.6 Å². The minimum absolute atomic E-state index is 0.324. The normalized spacial score (nSPS) is 13.4. The van der Waals surface area contributed by atoms with Gasteiger partial charge in [-0.2, -0.15) is 9.50 Å². The SMILES string of the molecule is Cc1ccc(Cc2nc3nc4c(c(Nc5ccc(F)cc5Cl)n3n2)CCCC4)cc1. The lowest BCUT2D eigenvalue weighted by atomic mass is 9.96. The maximum atomic E-state index is 13.5. The van der Waals surface area contributed by atoms with Gasteiger partial charge in [0.2, 0.25) is 0 Å². The van der Waals surface area contributed by atoms with Crippen molar-refractivity contribution in [2.45, 2.75) is 39.0 Å². The number of benzene rings is 2. The fourth-order valence-corrected chi connectivity index (χ4v) is 4.11. The summed E-state index contributed by atoms with van der Waals surface area (Å²) in [7, 11) is 0. The summed E-state index contributed by atoms with van der Waals surface area (Å²) in [6.45, 7) is 2.07. The Morgan fingerprint density at radius 1 is 1.07 bits per heavy atom. The molecule has 4 aromatic rings. The number of nitrogens with zero attached hydrogens (tertiary/aromatic N) is 4. The predicted octanol–water partition coefficient (Wildman–Crippen LogP) is 5.44. The topological polar surface area (TPSA) is 55.1 Å². The van der Waals surface area contributed by atoms with Crippen LogP contribution in [0.1, 0.15) is 41.1 Å². The molecule has 0 aliphatic heterocycles. The Labute approximate surface area is 178 Å². The molecule has 1 aliphatic carbocycles. The molecule has 0 radical (unpaired) electrons. The molecule has 0 spiro atoms. The van der Waals surface area contributed by atoms with Crippen LogP contribution in [0.25, 0.3) is 5.78 Å². The van der Waals surface area contributed by atoms with Gasteiger partial charge in [0.05, 0.1) is 16.4 Å². The summed E-state index contributed by atoms with van der Waals surface area (Å²) in [5.74, 6) is 1.72. The molecule has 2 aromatic carbocycles. The molecule has 5 rings (SSSR count). The van der Waals surface area contributed by atoms with E-state index in [1.54, 1.807) is 10.6 Å². The molecule has 2 heterocycles. The summed E-state index contributed by atoms with van der Waals surface area (Å²) in [6, 6.07) is 12.7. The van der Waals surface area contributed by atoms with Gasteiger partial charge in [-0.3, -0.25) is 0 Å². The van der Waals surface area contributed by atoms with Crippen molar-refractivity contribution in [3.63, 3.8) is 0 Å². The number of hydrogen-bond acceptors (Lipinski definition) is 4. The molecule has 152 valence electrons. The molecular weight excluding hydrogens is 401 g/mol. The first-order valence-electron chi connectivity index (χ1n) is 10.1. The molecule has 1 N–H and O–H groups in total. The molecule has 1 aliphatic rings. The number of nitrogens with one attached hydrogen (secondary N) is 1. The van der Waals surface area contributed by atoms with Crippen molar-refractivity contribution >= 4 is 28.9 Å². The molecule has 0 bridgehead atoms. The summed E-state index contributed by atoms with van der Waals surface area (Å²) >= 11 is 6.28. The van der Waals surface area contributed by atoms with Gasteiger partial charge >= 0.3 is 0 Å². The Bertz CT molecular complexity index is 1230. The van der Waals surface area contributed by atoms with E-state index in [4.69, 9.17) is 21.7 Å². The molecule has 0 atom stereocenters. The lowest BCUT2D eigenvalue weighted by Crippen LogP contribution is -2.14. The number of fused-ring (bicyclic) bond motifs is 2. The van der Waals surface area contributed by atoms with Crippen molar-refractivity contribution in [1.82, 2.24) is 19.6 Å². The van der Waals surface area contributed by atoms with E-state index in [2.05, 4.69) is 41.5 Å². The standard InChI is InChI=1S/C23H21ClFN5/c1-14-6-8-15(9-7-14)12-21-28-23-27-19-5-3-2-4-17(19)22(30(23)29-21)26-20-11-10-16(25)13-18(20)24/h6-11,13,26H,2-5,12H2,1H3. The van der Waals surface area contributed by atoms with Crippen LogP contribution in [0.4, 0.5) is 15.9 Å². The molecule has 0 fully saturated rings. The highest BCUT2D eigenvalue weighted by molar-refractivity contribution is 6.33. The van der Waals surface area contributed by atoms with Crippen LogP contribution >= 0.6 is 11.6 Å². The van der Waals surface area contributed by atoms with Gasteiger partial charge in [-0.05, 0) is 56.4 Å². The van der Waals surface area contributed by atoms with Gasteiger partial charge in [0.15, 0.2) is 5.82 Å². The van der Waals surface area contributed by atoms with Crippen LogP contribution in [-0.4, -0.2) is 19.6 Å². The third-order valence-electron chi connectivity index (χ3n) is 5.47. The van der Waals surface area contributed by atoms with Gasteiger partial charge in [0.25, 0.3) is 5.78 Å². The Kier molecular flexibility index (Phi) is 4.87. The second kappa shape index (κ2) is 7.69. The number of anilines is 2.